The molecule has 0 aromatic rings. The van der Waals surface area contributed by atoms with Crippen molar-refractivity contribution in [3.63, 3.8) is 0 Å². The molecule has 1 spiro atoms. The molecule has 0 aromatic carbocycles. The molecule has 214 valence electrons. The molecule has 11 atom stereocenters. The molecule has 4 aliphatic carbocycles. The summed E-state index contributed by atoms with van der Waals surface area (Å²) in [4.78, 5) is 2.87. The van der Waals surface area contributed by atoms with E-state index < -0.39 is 0 Å². The zero-order chi connectivity index (χ0) is 26.5. The van der Waals surface area contributed by atoms with E-state index in [9.17, 15) is 0 Å². The van der Waals surface area contributed by atoms with Gasteiger partial charge in [-0.3, -0.25) is 0 Å². The van der Waals surface area contributed by atoms with Crippen molar-refractivity contribution in [3.05, 3.63) is 11.1 Å². The van der Waals surface area contributed by atoms with Crippen LogP contribution in [0.25, 0.3) is 0 Å². The molecule has 38 heavy (non-hydrogen) atoms. The van der Waals surface area contributed by atoms with Gasteiger partial charge in [0, 0.05) is 29.0 Å². The van der Waals surface area contributed by atoms with Gasteiger partial charge < -0.3 is 20.7 Å². The summed E-state index contributed by atoms with van der Waals surface area (Å²) in [7, 11) is 0. The van der Waals surface area contributed by atoms with Crippen LogP contribution in [0, 0.1) is 34.5 Å². The van der Waals surface area contributed by atoms with Crippen molar-refractivity contribution in [2.45, 2.75) is 147 Å². The summed E-state index contributed by atoms with van der Waals surface area (Å²) in [5, 5.41) is 3.89. The van der Waals surface area contributed by atoms with Crippen LogP contribution in [-0.4, -0.2) is 53.9 Å². The van der Waals surface area contributed by atoms with Crippen molar-refractivity contribution in [1.82, 2.24) is 10.2 Å². The first-order chi connectivity index (χ1) is 18.1. The van der Waals surface area contributed by atoms with E-state index in [0.717, 1.165) is 30.8 Å². The van der Waals surface area contributed by atoms with Gasteiger partial charge in [-0.15, -0.1) is 0 Å². The monoisotopic (exact) mass is 523 g/mol. The predicted molar refractivity (Wildman–Crippen MR) is 156 cm³/mol. The van der Waals surface area contributed by atoms with Gasteiger partial charge in [0.2, 0.25) is 0 Å². The van der Waals surface area contributed by atoms with Crippen molar-refractivity contribution in [3.8, 4) is 0 Å². The molecule has 6 fully saturated rings. The van der Waals surface area contributed by atoms with Gasteiger partial charge in [0.25, 0.3) is 0 Å². The number of nitrogens with zero attached hydrogens (tertiary/aromatic N) is 1. The Balaban J connectivity index is 1.16. The lowest BCUT2D eigenvalue weighted by molar-refractivity contribution is -0.0921. The molecule has 3 N–H and O–H groups in total. The fourth-order valence-electron chi connectivity index (χ4n) is 12.0. The minimum absolute atomic E-state index is 0.00368. The third-order valence-electron chi connectivity index (χ3n) is 14.5. The first kappa shape index (κ1) is 26.5. The normalized spacial score (nSPS) is 55.3. The molecule has 4 heteroatoms. The largest absolute Gasteiger partial charge is 0.369 e. The van der Waals surface area contributed by atoms with Gasteiger partial charge in [-0.05, 0) is 127 Å². The SMILES string of the molecule is CC1=C2C[C@@H]3[C@@]4(C)CCC(N5CCCCC5)CC4CC[C@@]3(N)C2(C)CC[C@@]2(C1)O[C@@H]1C[C@H](C)CN[C@H]1[C@H]2C. The Morgan fingerprint density at radius 2 is 1.76 bits per heavy atom. The Hall–Kier alpha value is -0.420. The quantitative estimate of drug-likeness (QED) is 0.389. The highest BCUT2D eigenvalue weighted by Gasteiger charge is 2.68. The van der Waals surface area contributed by atoms with Gasteiger partial charge in [0.15, 0.2) is 0 Å². The topological polar surface area (TPSA) is 50.5 Å². The summed E-state index contributed by atoms with van der Waals surface area (Å²) >= 11 is 0. The Bertz CT molecular complexity index is 973. The van der Waals surface area contributed by atoms with Crippen molar-refractivity contribution in [2.75, 3.05) is 19.6 Å². The Morgan fingerprint density at radius 1 is 0.974 bits per heavy atom. The van der Waals surface area contributed by atoms with E-state index in [2.05, 4.69) is 44.8 Å². The number of nitrogens with two attached hydrogens (primary N) is 1. The third kappa shape index (κ3) is 3.61. The first-order valence-corrected chi connectivity index (χ1v) is 16.7. The lowest BCUT2D eigenvalue weighted by atomic mass is 9.47. The Labute approximate surface area is 233 Å². The zero-order valence-corrected chi connectivity index (χ0v) is 25.3. The van der Waals surface area contributed by atoms with Crippen LogP contribution in [0.15, 0.2) is 11.1 Å². The van der Waals surface area contributed by atoms with Gasteiger partial charge >= 0.3 is 0 Å². The maximum Gasteiger partial charge on any atom is 0.0765 e. The molecule has 3 unspecified atom stereocenters. The summed E-state index contributed by atoms with van der Waals surface area (Å²) in [6, 6.07) is 1.36. The van der Waals surface area contributed by atoms with E-state index in [4.69, 9.17) is 10.5 Å². The summed E-state index contributed by atoms with van der Waals surface area (Å²) in [5.41, 5.74) is 11.7. The number of ether oxygens (including phenoxy) is 1. The van der Waals surface area contributed by atoms with Crippen LogP contribution in [0.3, 0.4) is 0 Å². The van der Waals surface area contributed by atoms with E-state index in [-0.39, 0.29) is 16.6 Å². The molecule has 3 heterocycles. The van der Waals surface area contributed by atoms with Crippen molar-refractivity contribution in [2.24, 2.45) is 40.2 Å². The average Bonchev–Trinajstić information content (AvgIpc) is 3.26. The van der Waals surface area contributed by atoms with Crippen molar-refractivity contribution < 1.29 is 4.74 Å². The maximum absolute atomic E-state index is 7.81. The first-order valence-electron chi connectivity index (χ1n) is 16.7. The molecule has 7 aliphatic rings. The van der Waals surface area contributed by atoms with E-state index >= 15 is 0 Å². The standard InChI is InChI=1S/C34H57N3O/c1-22-17-28-30(36-21-22)24(3)33(38-28)14-13-32(5)27(23(2)20-33)19-29-31(4)11-10-26(37-15-7-6-8-16-37)18-25(31)9-12-34(29,32)35/h22,24-26,28-30,36H,6-21,35H2,1-5H3/t22-,24+,25?,26?,28+,29+,30-,31-,32?,33-,34-/m0/s1. The molecular weight excluding hydrogens is 466 g/mol. The number of likely N-dealkylation sites (tertiary alicyclic amines) is 1. The van der Waals surface area contributed by atoms with E-state index in [0.29, 0.717) is 29.4 Å². The summed E-state index contributed by atoms with van der Waals surface area (Å²) in [6.45, 7) is 16.5. The van der Waals surface area contributed by atoms with Crippen LogP contribution in [0.2, 0.25) is 0 Å². The minimum atomic E-state index is -0.0559. The fraction of sp³-hybridized carbons (Fsp3) is 0.941. The van der Waals surface area contributed by atoms with E-state index in [1.807, 2.05) is 0 Å². The Kier molecular flexibility index (Phi) is 6.30. The molecule has 7 rings (SSSR count). The van der Waals surface area contributed by atoms with Gasteiger partial charge in [0.1, 0.15) is 0 Å². The minimum Gasteiger partial charge on any atom is -0.369 e. The number of hydrogen-bond donors (Lipinski definition) is 2. The molecule has 4 nitrogen and oxygen atoms in total. The highest BCUT2D eigenvalue weighted by molar-refractivity contribution is 5.38. The molecule has 3 aliphatic heterocycles. The number of piperidine rings is 2. The van der Waals surface area contributed by atoms with Crippen LogP contribution in [0.5, 0.6) is 0 Å². The van der Waals surface area contributed by atoms with Crippen molar-refractivity contribution in [1.29, 1.82) is 0 Å². The molecule has 0 aromatic heterocycles. The average molecular weight is 524 g/mol. The summed E-state index contributed by atoms with van der Waals surface area (Å²) in [6.07, 6.45) is 17.5. The van der Waals surface area contributed by atoms with Crippen LogP contribution in [0.4, 0.5) is 0 Å². The smallest absolute Gasteiger partial charge is 0.0765 e. The zero-order valence-electron chi connectivity index (χ0n) is 25.3. The predicted octanol–water partition coefficient (Wildman–Crippen LogP) is 6.44. The third-order valence-corrected chi connectivity index (χ3v) is 14.5. The van der Waals surface area contributed by atoms with Crippen LogP contribution in [-0.2, 0) is 4.74 Å². The van der Waals surface area contributed by atoms with E-state index in [1.165, 1.54) is 90.1 Å². The Morgan fingerprint density at radius 3 is 2.55 bits per heavy atom. The number of fused-ring (bicyclic) bond motifs is 6. The lowest BCUT2D eigenvalue weighted by Crippen LogP contribution is -2.64. The molecular formula is C34H57N3O. The molecule has 3 saturated carbocycles. The van der Waals surface area contributed by atoms with Crippen molar-refractivity contribution >= 4 is 0 Å². The van der Waals surface area contributed by atoms with E-state index in [1.54, 1.807) is 11.1 Å². The maximum atomic E-state index is 7.81. The van der Waals surface area contributed by atoms with Gasteiger partial charge in [-0.2, -0.15) is 0 Å². The lowest BCUT2D eigenvalue weighted by Gasteiger charge is -2.60. The molecule has 0 bridgehead atoms. The second-order valence-electron chi connectivity index (χ2n) is 16.1. The van der Waals surface area contributed by atoms with Gasteiger partial charge in [-0.1, -0.05) is 45.3 Å². The second-order valence-corrected chi connectivity index (χ2v) is 16.1. The van der Waals surface area contributed by atoms with Crippen LogP contribution < -0.4 is 11.1 Å². The second kappa shape index (κ2) is 9.04. The molecule has 0 radical (unpaired) electrons. The summed E-state index contributed by atoms with van der Waals surface area (Å²) < 4.78 is 7.14. The number of rotatable bonds is 1. The highest BCUT2D eigenvalue weighted by Crippen LogP contribution is 2.70. The van der Waals surface area contributed by atoms with Crippen LogP contribution in [0.1, 0.15) is 118 Å². The molecule has 0 amide bonds. The summed E-state index contributed by atoms with van der Waals surface area (Å²) in [5.74, 6) is 2.79. The highest BCUT2D eigenvalue weighted by atomic mass is 16.5. The van der Waals surface area contributed by atoms with Gasteiger partial charge in [-0.25, -0.2) is 0 Å². The fourth-order valence-corrected chi connectivity index (χ4v) is 12.0. The van der Waals surface area contributed by atoms with Gasteiger partial charge in [0.05, 0.1) is 11.7 Å². The number of hydrogen-bond acceptors (Lipinski definition) is 4. The van der Waals surface area contributed by atoms with Crippen LogP contribution >= 0.6 is 0 Å². The number of nitrogens with one attached hydrogen (secondary N) is 1. The molecule has 3 saturated heterocycles.